The van der Waals surface area contributed by atoms with Crippen molar-refractivity contribution in [1.29, 1.82) is 0 Å². The second-order valence-electron chi connectivity index (χ2n) is 6.66. The number of para-hydroxylation sites is 1. The molecule has 0 aliphatic carbocycles. The molecule has 28 heavy (non-hydrogen) atoms. The molecule has 0 unspecified atom stereocenters. The van der Waals surface area contributed by atoms with E-state index in [-0.39, 0.29) is 12.2 Å². The number of carbonyl (C=O) groups is 1. The summed E-state index contributed by atoms with van der Waals surface area (Å²) in [5.41, 5.74) is 4.72. The number of hydrogen-bond donors (Lipinski definition) is 1. The van der Waals surface area contributed by atoms with Gasteiger partial charge in [0.15, 0.2) is 6.61 Å². The van der Waals surface area contributed by atoms with Crippen molar-refractivity contribution in [3.8, 4) is 0 Å². The lowest BCUT2D eigenvalue weighted by Gasteiger charge is -2.11. The number of aromatic nitrogens is 2. The Balaban J connectivity index is 1.60. The molecule has 0 spiro atoms. The molecule has 7 nitrogen and oxygen atoms in total. The van der Waals surface area contributed by atoms with E-state index in [9.17, 15) is 9.59 Å². The topological polar surface area (TPSA) is 85.6 Å². The largest absolute Gasteiger partial charge is 0.399 e. The van der Waals surface area contributed by atoms with Gasteiger partial charge in [-0.2, -0.15) is 5.10 Å². The number of rotatable bonds is 6. The van der Waals surface area contributed by atoms with Crippen molar-refractivity contribution in [2.75, 3.05) is 6.61 Å². The predicted molar refractivity (Wildman–Crippen MR) is 108 cm³/mol. The highest BCUT2D eigenvalue weighted by Crippen LogP contribution is 2.13. The zero-order valence-corrected chi connectivity index (χ0v) is 16.0. The van der Waals surface area contributed by atoms with Crippen LogP contribution >= 0.6 is 0 Å². The van der Waals surface area contributed by atoms with Crippen molar-refractivity contribution in [3.63, 3.8) is 0 Å². The molecule has 0 aliphatic rings. The van der Waals surface area contributed by atoms with E-state index in [4.69, 9.17) is 4.84 Å². The Hall–Kier alpha value is -3.48. The average molecular weight is 378 g/mol. The third kappa shape index (κ3) is 4.43. The molecule has 1 heterocycles. The lowest BCUT2D eigenvalue weighted by Crippen LogP contribution is -2.35. The molecule has 1 N–H and O–H groups in total. The first-order valence-corrected chi connectivity index (χ1v) is 8.99. The van der Waals surface area contributed by atoms with E-state index in [1.165, 1.54) is 5.56 Å². The number of carbonyl (C=O) groups excluding carboxylic acids is 1. The van der Waals surface area contributed by atoms with Crippen molar-refractivity contribution in [3.05, 3.63) is 75.8 Å². The summed E-state index contributed by atoms with van der Waals surface area (Å²) < 4.78 is 1.02. The molecular formula is C21H22N4O3. The van der Waals surface area contributed by atoms with E-state index in [1.54, 1.807) is 37.4 Å². The Morgan fingerprint density at radius 2 is 1.93 bits per heavy atom. The van der Waals surface area contributed by atoms with Crippen molar-refractivity contribution >= 4 is 23.0 Å². The molecule has 3 rings (SSSR count). The third-order valence-corrected chi connectivity index (χ3v) is 4.23. The van der Waals surface area contributed by atoms with Crippen LogP contribution < -0.4 is 15.8 Å². The average Bonchev–Trinajstić information content (AvgIpc) is 2.68. The molecule has 0 saturated carbocycles. The van der Waals surface area contributed by atoms with Crippen LogP contribution in [0.4, 0.5) is 0 Å². The summed E-state index contributed by atoms with van der Waals surface area (Å²) in [6.45, 7) is 5.54. The van der Waals surface area contributed by atoms with Crippen LogP contribution in [0.25, 0.3) is 10.9 Å². The molecular weight excluding hydrogens is 356 g/mol. The van der Waals surface area contributed by atoms with Gasteiger partial charge in [0, 0.05) is 0 Å². The minimum absolute atomic E-state index is 0.357. The van der Waals surface area contributed by atoms with Crippen molar-refractivity contribution in [1.82, 2.24) is 15.1 Å². The maximum absolute atomic E-state index is 12.5. The van der Waals surface area contributed by atoms with E-state index < -0.39 is 5.91 Å². The summed E-state index contributed by atoms with van der Waals surface area (Å²) in [7, 11) is 0. The first-order chi connectivity index (χ1) is 13.5. The molecule has 1 amide bonds. The van der Waals surface area contributed by atoms with Gasteiger partial charge in [0.25, 0.3) is 11.5 Å². The molecule has 1 aromatic heterocycles. The molecule has 2 aromatic carbocycles. The predicted octanol–water partition coefficient (Wildman–Crippen LogP) is 2.41. The van der Waals surface area contributed by atoms with Gasteiger partial charge < -0.3 is 4.84 Å². The van der Waals surface area contributed by atoms with Crippen LogP contribution in [-0.4, -0.2) is 28.4 Å². The summed E-state index contributed by atoms with van der Waals surface area (Å²) in [6.07, 6.45) is 1.55. The lowest BCUT2D eigenvalue weighted by molar-refractivity contribution is -0.126. The number of nitrogens with one attached hydrogen (secondary N) is 1. The standard InChI is InChI=1S/C21H22N4O3/c1-14(2)17-10-8-16(9-11-17)12-22-24-20(26)13-28-25-15(3)23-19-7-5-4-6-18(19)21(25)27/h4-12,14H,13H2,1-3H3,(H,24,26)/b22-12-. The van der Waals surface area contributed by atoms with Gasteiger partial charge in [0.05, 0.1) is 17.1 Å². The Morgan fingerprint density at radius 3 is 2.64 bits per heavy atom. The van der Waals surface area contributed by atoms with Crippen molar-refractivity contribution in [2.24, 2.45) is 5.10 Å². The fourth-order valence-electron chi connectivity index (χ4n) is 2.68. The smallest absolute Gasteiger partial charge is 0.294 e. The monoisotopic (exact) mass is 378 g/mol. The zero-order chi connectivity index (χ0) is 20.1. The Kier molecular flexibility index (Phi) is 5.84. The SMILES string of the molecule is Cc1nc2ccccc2c(=O)n1OCC(=O)N/N=C\c1ccc(C(C)C)cc1. The summed E-state index contributed by atoms with van der Waals surface area (Å²) >= 11 is 0. The number of nitrogens with zero attached hydrogens (tertiary/aromatic N) is 3. The van der Waals surface area contributed by atoms with Gasteiger partial charge in [-0.15, -0.1) is 4.73 Å². The Bertz CT molecular complexity index is 1070. The van der Waals surface area contributed by atoms with Crippen LogP contribution in [0.1, 0.15) is 36.7 Å². The first kappa shape index (κ1) is 19.3. The van der Waals surface area contributed by atoms with Crippen LogP contribution in [0.5, 0.6) is 0 Å². The fourth-order valence-corrected chi connectivity index (χ4v) is 2.68. The molecule has 0 radical (unpaired) electrons. The number of amides is 1. The number of fused-ring (bicyclic) bond motifs is 1. The van der Waals surface area contributed by atoms with Gasteiger partial charge in [0.1, 0.15) is 5.82 Å². The van der Waals surface area contributed by atoms with E-state index in [2.05, 4.69) is 29.4 Å². The minimum atomic E-state index is -0.477. The highest BCUT2D eigenvalue weighted by Gasteiger charge is 2.10. The Labute approximate surface area is 162 Å². The maximum Gasteiger partial charge on any atom is 0.294 e. The molecule has 0 atom stereocenters. The van der Waals surface area contributed by atoms with Crippen LogP contribution in [0.3, 0.4) is 0 Å². The summed E-state index contributed by atoms with van der Waals surface area (Å²) in [4.78, 5) is 34.1. The highest BCUT2D eigenvalue weighted by molar-refractivity contribution is 5.83. The van der Waals surface area contributed by atoms with Crippen LogP contribution in [0.15, 0.2) is 58.4 Å². The first-order valence-electron chi connectivity index (χ1n) is 8.99. The van der Waals surface area contributed by atoms with Crippen molar-refractivity contribution in [2.45, 2.75) is 26.7 Å². The Morgan fingerprint density at radius 1 is 1.21 bits per heavy atom. The van der Waals surface area contributed by atoms with E-state index in [0.717, 1.165) is 10.3 Å². The highest BCUT2D eigenvalue weighted by atomic mass is 16.7. The molecule has 0 aliphatic heterocycles. The second-order valence-corrected chi connectivity index (χ2v) is 6.66. The molecule has 0 fully saturated rings. The minimum Gasteiger partial charge on any atom is -0.399 e. The fraction of sp³-hybridized carbons (Fsp3) is 0.238. The summed E-state index contributed by atoms with van der Waals surface area (Å²) in [6, 6.07) is 14.9. The van der Waals surface area contributed by atoms with Crippen LogP contribution in [0, 0.1) is 6.92 Å². The van der Waals surface area contributed by atoms with E-state index in [1.807, 2.05) is 24.3 Å². The van der Waals surface area contributed by atoms with Crippen LogP contribution in [-0.2, 0) is 4.79 Å². The maximum atomic E-state index is 12.5. The van der Waals surface area contributed by atoms with Gasteiger partial charge in [-0.3, -0.25) is 9.59 Å². The van der Waals surface area contributed by atoms with Gasteiger partial charge in [-0.1, -0.05) is 50.2 Å². The number of aryl methyl sites for hydroxylation is 1. The van der Waals surface area contributed by atoms with Gasteiger partial charge in [-0.25, -0.2) is 10.4 Å². The third-order valence-electron chi connectivity index (χ3n) is 4.23. The van der Waals surface area contributed by atoms with Crippen molar-refractivity contribution < 1.29 is 9.63 Å². The zero-order valence-electron chi connectivity index (χ0n) is 16.0. The lowest BCUT2D eigenvalue weighted by atomic mass is 10.0. The molecule has 0 bridgehead atoms. The van der Waals surface area contributed by atoms with Crippen LogP contribution in [0.2, 0.25) is 0 Å². The summed E-state index contributed by atoms with van der Waals surface area (Å²) in [5, 5.41) is 4.34. The second kappa shape index (κ2) is 8.47. The van der Waals surface area contributed by atoms with E-state index >= 15 is 0 Å². The van der Waals surface area contributed by atoms with E-state index in [0.29, 0.717) is 22.6 Å². The van der Waals surface area contributed by atoms with Gasteiger partial charge >= 0.3 is 0 Å². The molecule has 7 heteroatoms. The normalized spacial score (nSPS) is 11.3. The number of hydrazone groups is 1. The van der Waals surface area contributed by atoms with Gasteiger partial charge in [-0.05, 0) is 36.1 Å². The molecule has 144 valence electrons. The number of benzene rings is 2. The number of hydrogen-bond acceptors (Lipinski definition) is 5. The summed E-state index contributed by atoms with van der Waals surface area (Å²) in [5.74, 6) is 0.346. The molecule has 3 aromatic rings. The van der Waals surface area contributed by atoms with Gasteiger partial charge in [0.2, 0.25) is 0 Å². The molecule has 0 saturated heterocycles. The quantitative estimate of drug-likeness (QED) is 0.527.